The lowest BCUT2D eigenvalue weighted by atomic mass is 10.1. The molecular weight excluding hydrogens is 351 g/mol. The van der Waals surface area contributed by atoms with Gasteiger partial charge in [-0.1, -0.05) is 17.3 Å². The highest BCUT2D eigenvalue weighted by Gasteiger charge is 2.39. The number of amides is 1. The van der Waals surface area contributed by atoms with Crippen LogP contribution >= 0.6 is 0 Å². The van der Waals surface area contributed by atoms with Gasteiger partial charge in [-0.2, -0.15) is 18.2 Å². The molecule has 1 aromatic carbocycles. The minimum absolute atomic E-state index is 0.125. The fourth-order valence-corrected chi connectivity index (χ4v) is 2.78. The molecule has 6 nitrogen and oxygen atoms in total. The monoisotopic (exact) mass is 367 g/mol. The predicted molar refractivity (Wildman–Crippen MR) is 83.4 cm³/mol. The molecule has 1 saturated carbocycles. The topological polar surface area (TPSA) is 68.5 Å². The van der Waals surface area contributed by atoms with E-state index in [2.05, 4.69) is 10.1 Å². The van der Waals surface area contributed by atoms with Crippen molar-refractivity contribution in [3.05, 3.63) is 30.1 Å². The molecule has 26 heavy (non-hydrogen) atoms. The molecule has 2 fully saturated rings. The first-order valence-corrected chi connectivity index (χ1v) is 8.33. The van der Waals surface area contributed by atoms with Crippen LogP contribution in [0.4, 0.5) is 13.2 Å². The summed E-state index contributed by atoms with van der Waals surface area (Å²) in [6.45, 7) is 0.251. The number of likely N-dealkylation sites (tertiary alicyclic amines) is 1. The summed E-state index contributed by atoms with van der Waals surface area (Å²) in [7, 11) is 0. The first-order chi connectivity index (χ1) is 12.4. The molecule has 1 saturated heterocycles. The van der Waals surface area contributed by atoms with Gasteiger partial charge in [-0.05, 0) is 25.0 Å². The van der Waals surface area contributed by atoms with Gasteiger partial charge in [0.2, 0.25) is 5.91 Å². The number of rotatable bonds is 5. The molecule has 1 aliphatic carbocycles. The van der Waals surface area contributed by atoms with E-state index < -0.39 is 18.5 Å². The van der Waals surface area contributed by atoms with Crippen molar-refractivity contribution in [3.63, 3.8) is 0 Å². The number of halogens is 3. The third-order valence-corrected chi connectivity index (χ3v) is 4.35. The van der Waals surface area contributed by atoms with Crippen LogP contribution in [-0.2, 0) is 4.79 Å². The van der Waals surface area contributed by atoms with Gasteiger partial charge >= 0.3 is 6.18 Å². The van der Waals surface area contributed by atoms with Crippen molar-refractivity contribution in [1.29, 1.82) is 0 Å². The van der Waals surface area contributed by atoms with Crippen molar-refractivity contribution in [3.8, 4) is 17.2 Å². The van der Waals surface area contributed by atoms with Crippen LogP contribution in [0.15, 0.2) is 28.8 Å². The molecular formula is C17H16F3N3O3. The molecule has 0 atom stereocenters. The van der Waals surface area contributed by atoms with Gasteiger partial charge in [-0.3, -0.25) is 4.79 Å². The number of hydrogen-bond acceptors (Lipinski definition) is 5. The Morgan fingerprint density at radius 1 is 1.27 bits per heavy atom. The van der Waals surface area contributed by atoms with E-state index in [1.54, 1.807) is 18.2 Å². The third-order valence-electron chi connectivity index (χ3n) is 4.35. The number of benzene rings is 1. The van der Waals surface area contributed by atoms with Crippen molar-refractivity contribution < 1.29 is 27.2 Å². The molecule has 1 amide bonds. The van der Waals surface area contributed by atoms with Gasteiger partial charge in [0.1, 0.15) is 18.3 Å². The van der Waals surface area contributed by atoms with Crippen LogP contribution in [0.2, 0.25) is 0 Å². The van der Waals surface area contributed by atoms with Crippen LogP contribution in [0.3, 0.4) is 0 Å². The fraction of sp³-hybridized carbons (Fsp3) is 0.471. The summed E-state index contributed by atoms with van der Waals surface area (Å²) in [6.07, 6.45) is -4.18. The van der Waals surface area contributed by atoms with E-state index >= 15 is 0 Å². The van der Waals surface area contributed by atoms with Crippen LogP contribution in [0.5, 0.6) is 5.75 Å². The lowest BCUT2D eigenvalue weighted by Gasteiger charge is -2.39. The summed E-state index contributed by atoms with van der Waals surface area (Å²) in [5, 5.41) is 3.98. The number of nitrogens with zero attached hydrogens (tertiary/aromatic N) is 3. The Morgan fingerprint density at radius 2 is 2.00 bits per heavy atom. The van der Waals surface area contributed by atoms with E-state index in [4.69, 9.17) is 9.26 Å². The fourth-order valence-electron chi connectivity index (χ4n) is 2.78. The highest BCUT2D eigenvalue weighted by Crippen LogP contribution is 2.40. The maximum Gasteiger partial charge on any atom is 0.397 e. The molecule has 9 heteroatoms. The lowest BCUT2D eigenvalue weighted by molar-refractivity contribution is -0.167. The highest BCUT2D eigenvalue weighted by molar-refractivity contribution is 5.77. The lowest BCUT2D eigenvalue weighted by Crippen LogP contribution is -2.56. The summed E-state index contributed by atoms with van der Waals surface area (Å²) in [6, 6.07) is 7.10. The van der Waals surface area contributed by atoms with E-state index in [-0.39, 0.29) is 19.2 Å². The second-order valence-electron chi connectivity index (χ2n) is 6.56. The first-order valence-electron chi connectivity index (χ1n) is 8.33. The zero-order valence-electron chi connectivity index (χ0n) is 13.7. The van der Waals surface area contributed by atoms with Crippen LogP contribution in [0.1, 0.15) is 31.0 Å². The zero-order valence-corrected chi connectivity index (χ0v) is 13.7. The Bertz CT molecular complexity index is 811. The SMILES string of the molecule is O=C(CC(F)(F)F)N1CC(Oc2ccccc2-c2nc(C3CC3)no2)C1. The van der Waals surface area contributed by atoms with Gasteiger partial charge < -0.3 is 14.2 Å². The zero-order chi connectivity index (χ0) is 18.3. The normalized spacial score (nSPS) is 17.9. The number of alkyl halides is 3. The smallest absolute Gasteiger partial charge is 0.397 e. The van der Waals surface area contributed by atoms with Crippen LogP contribution in [0.25, 0.3) is 11.5 Å². The standard InChI is InChI=1S/C17H16F3N3O3/c18-17(19,20)7-14(24)23-8-11(9-23)25-13-4-2-1-3-12(13)16-21-15(22-26-16)10-5-6-10/h1-4,10-11H,5-9H2. The van der Waals surface area contributed by atoms with Crippen molar-refractivity contribution in [1.82, 2.24) is 15.0 Å². The van der Waals surface area contributed by atoms with Gasteiger partial charge in [0.25, 0.3) is 5.89 Å². The van der Waals surface area contributed by atoms with Gasteiger partial charge in [-0.15, -0.1) is 0 Å². The number of hydrogen-bond donors (Lipinski definition) is 0. The van der Waals surface area contributed by atoms with Crippen LogP contribution < -0.4 is 4.74 Å². The summed E-state index contributed by atoms with van der Waals surface area (Å²) < 4.78 is 48.0. The van der Waals surface area contributed by atoms with Crippen LogP contribution in [0, 0.1) is 0 Å². The van der Waals surface area contributed by atoms with Crippen molar-refractivity contribution in [2.24, 2.45) is 0 Å². The molecule has 4 rings (SSSR count). The molecule has 0 radical (unpaired) electrons. The Labute approximate surface area is 146 Å². The predicted octanol–water partition coefficient (Wildman–Crippen LogP) is 3.16. The average molecular weight is 367 g/mol. The van der Waals surface area contributed by atoms with Gasteiger partial charge in [0.15, 0.2) is 5.82 Å². The van der Waals surface area contributed by atoms with Crippen molar-refractivity contribution in [2.75, 3.05) is 13.1 Å². The molecule has 0 bridgehead atoms. The molecule has 0 N–H and O–H groups in total. The Morgan fingerprint density at radius 3 is 2.69 bits per heavy atom. The minimum atomic E-state index is -4.49. The molecule has 138 valence electrons. The maximum absolute atomic E-state index is 12.3. The van der Waals surface area contributed by atoms with Gasteiger partial charge in [0.05, 0.1) is 18.7 Å². The number of para-hydroxylation sites is 1. The van der Waals surface area contributed by atoms with E-state index in [0.29, 0.717) is 28.9 Å². The molecule has 0 spiro atoms. The van der Waals surface area contributed by atoms with Crippen LogP contribution in [-0.4, -0.2) is 46.3 Å². The molecule has 2 aliphatic rings. The molecule has 1 aromatic heterocycles. The van der Waals surface area contributed by atoms with E-state index in [1.807, 2.05) is 6.07 Å². The summed E-state index contributed by atoms with van der Waals surface area (Å²) in [5.41, 5.74) is 0.631. The maximum atomic E-state index is 12.3. The largest absolute Gasteiger partial charge is 0.486 e. The number of ether oxygens (including phenoxy) is 1. The summed E-state index contributed by atoms with van der Waals surface area (Å²) >= 11 is 0. The highest BCUT2D eigenvalue weighted by atomic mass is 19.4. The summed E-state index contributed by atoms with van der Waals surface area (Å²) in [5.74, 6) is 0.970. The number of carbonyl (C=O) groups is 1. The molecule has 2 heterocycles. The van der Waals surface area contributed by atoms with E-state index in [0.717, 1.165) is 17.7 Å². The average Bonchev–Trinajstić information content (AvgIpc) is 3.27. The van der Waals surface area contributed by atoms with Gasteiger partial charge in [0, 0.05) is 5.92 Å². The Hall–Kier alpha value is -2.58. The minimum Gasteiger partial charge on any atom is -0.486 e. The van der Waals surface area contributed by atoms with E-state index in [9.17, 15) is 18.0 Å². The molecule has 1 aliphatic heterocycles. The molecule has 2 aromatic rings. The third kappa shape index (κ3) is 3.66. The number of carbonyl (C=O) groups excluding carboxylic acids is 1. The quantitative estimate of drug-likeness (QED) is 0.812. The van der Waals surface area contributed by atoms with Crippen molar-refractivity contribution >= 4 is 5.91 Å². The number of aromatic nitrogens is 2. The van der Waals surface area contributed by atoms with Crippen molar-refractivity contribution in [2.45, 2.75) is 37.5 Å². The van der Waals surface area contributed by atoms with E-state index in [1.165, 1.54) is 0 Å². The second kappa shape index (κ2) is 6.30. The molecule has 0 unspecified atom stereocenters. The van der Waals surface area contributed by atoms with Gasteiger partial charge in [-0.25, -0.2) is 0 Å². The second-order valence-corrected chi connectivity index (χ2v) is 6.56. The Kier molecular flexibility index (Phi) is 4.08. The summed E-state index contributed by atoms with van der Waals surface area (Å²) in [4.78, 5) is 17.0. The first kappa shape index (κ1) is 16.9. The Balaban J connectivity index is 1.40.